The molecular formula is C11H18F3NO2. The van der Waals surface area contributed by atoms with Crippen LogP contribution < -0.4 is 0 Å². The van der Waals surface area contributed by atoms with E-state index < -0.39 is 24.9 Å². The van der Waals surface area contributed by atoms with Gasteiger partial charge in [0.1, 0.15) is 0 Å². The predicted octanol–water partition coefficient (Wildman–Crippen LogP) is 1.95. The molecule has 6 heteroatoms. The molecule has 3 nitrogen and oxygen atoms in total. The summed E-state index contributed by atoms with van der Waals surface area (Å²) in [6.45, 7) is 1.16. The Morgan fingerprint density at radius 1 is 1.29 bits per heavy atom. The maximum Gasteiger partial charge on any atom is 0.389 e. The number of nitrogens with zero attached hydrogens (tertiary/aromatic N) is 1. The maximum atomic E-state index is 11.9. The fraction of sp³-hybridized carbons (Fsp3) is 0.909. The highest BCUT2D eigenvalue weighted by molar-refractivity contribution is 5.76. The molecule has 0 saturated carbocycles. The number of hydrogen-bond acceptors (Lipinski definition) is 2. The van der Waals surface area contributed by atoms with Crippen LogP contribution in [0.2, 0.25) is 0 Å². The minimum Gasteiger partial charge on any atom is -0.396 e. The minimum atomic E-state index is -4.26. The first-order valence-corrected chi connectivity index (χ1v) is 5.88. The van der Waals surface area contributed by atoms with Crippen molar-refractivity contribution in [2.24, 2.45) is 5.92 Å². The number of carbonyl (C=O) groups excluding carboxylic acids is 1. The Morgan fingerprint density at radius 3 is 2.35 bits per heavy atom. The first-order chi connectivity index (χ1) is 7.92. The molecule has 1 aliphatic heterocycles. The van der Waals surface area contributed by atoms with E-state index >= 15 is 0 Å². The fourth-order valence-electron chi connectivity index (χ4n) is 2.06. The van der Waals surface area contributed by atoms with E-state index in [1.54, 1.807) is 0 Å². The van der Waals surface area contributed by atoms with Gasteiger partial charge in [-0.2, -0.15) is 13.2 Å². The molecule has 0 aliphatic carbocycles. The van der Waals surface area contributed by atoms with Crippen LogP contribution in [0.3, 0.4) is 0 Å². The van der Waals surface area contributed by atoms with Crippen LogP contribution in [-0.2, 0) is 4.79 Å². The van der Waals surface area contributed by atoms with E-state index in [1.165, 1.54) is 4.90 Å². The Balaban J connectivity index is 2.26. The first kappa shape index (κ1) is 14.3. The number of aliphatic hydroxyl groups is 1. The second-order valence-electron chi connectivity index (χ2n) is 4.45. The lowest BCUT2D eigenvalue weighted by molar-refractivity contribution is -0.149. The average molecular weight is 253 g/mol. The Labute approximate surface area is 98.6 Å². The molecule has 0 aromatic heterocycles. The molecule has 1 N–H and O–H groups in total. The normalized spacial score (nSPS) is 18.5. The van der Waals surface area contributed by atoms with Gasteiger partial charge in [-0.15, -0.1) is 0 Å². The summed E-state index contributed by atoms with van der Waals surface area (Å²) >= 11 is 0. The van der Waals surface area contributed by atoms with Gasteiger partial charge in [-0.05, 0) is 25.2 Å². The number of rotatable bonds is 4. The third-order valence-electron chi connectivity index (χ3n) is 3.13. The molecule has 1 heterocycles. The maximum absolute atomic E-state index is 11.9. The van der Waals surface area contributed by atoms with Crippen LogP contribution in [0.4, 0.5) is 13.2 Å². The quantitative estimate of drug-likeness (QED) is 0.832. The average Bonchev–Trinajstić information content (AvgIpc) is 2.26. The number of carbonyl (C=O) groups is 1. The van der Waals surface area contributed by atoms with Gasteiger partial charge >= 0.3 is 6.18 Å². The SMILES string of the molecule is O=C(CCC(F)(F)F)N1CCC(CCO)CC1. The van der Waals surface area contributed by atoms with Crippen molar-refractivity contribution in [2.75, 3.05) is 19.7 Å². The Bertz CT molecular complexity index is 248. The van der Waals surface area contributed by atoms with E-state index in [1.807, 2.05) is 0 Å². The van der Waals surface area contributed by atoms with Crippen LogP contribution in [0.5, 0.6) is 0 Å². The summed E-state index contributed by atoms with van der Waals surface area (Å²) < 4.78 is 35.8. The van der Waals surface area contributed by atoms with E-state index in [0.29, 0.717) is 25.4 Å². The summed E-state index contributed by atoms with van der Waals surface area (Å²) in [5, 5.41) is 8.76. The summed E-state index contributed by atoms with van der Waals surface area (Å²) in [6, 6.07) is 0. The van der Waals surface area contributed by atoms with Crippen LogP contribution in [0.15, 0.2) is 0 Å². The Kier molecular flexibility index (Phi) is 5.24. The van der Waals surface area contributed by atoms with Gasteiger partial charge < -0.3 is 10.0 Å². The monoisotopic (exact) mass is 253 g/mol. The summed E-state index contributed by atoms with van der Waals surface area (Å²) in [5.41, 5.74) is 0. The van der Waals surface area contributed by atoms with Gasteiger partial charge in [0.05, 0.1) is 6.42 Å². The number of amides is 1. The van der Waals surface area contributed by atoms with E-state index in [9.17, 15) is 18.0 Å². The Morgan fingerprint density at radius 2 is 1.88 bits per heavy atom. The molecule has 1 saturated heterocycles. The highest BCUT2D eigenvalue weighted by Gasteiger charge is 2.30. The van der Waals surface area contributed by atoms with Crippen LogP contribution in [0, 0.1) is 5.92 Å². The third kappa shape index (κ3) is 5.39. The van der Waals surface area contributed by atoms with Crippen molar-refractivity contribution in [1.82, 2.24) is 4.90 Å². The highest BCUT2D eigenvalue weighted by Crippen LogP contribution is 2.24. The van der Waals surface area contributed by atoms with Crippen molar-refractivity contribution in [2.45, 2.75) is 38.3 Å². The molecule has 0 atom stereocenters. The zero-order valence-electron chi connectivity index (χ0n) is 9.67. The standard InChI is InChI=1S/C11H18F3NO2/c12-11(13,14)5-1-10(17)15-6-2-9(3-7-15)4-8-16/h9,16H,1-8H2. The number of likely N-dealkylation sites (tertiary alicyclic amines) is 1. The van der Waals surface area contributed by atoms with Crippen molar-refractivity contribution in [1.29, 1.82) is 0 Å². The van der Waals surface area contributed by atoms with Crippen molar-refractivity contribution >= 4 is 5.91 Å². The van der Waals surface area contributed by atoms with Crippen LogP contribution >= 0.6 is 0 Å². The van der Waals surface area contributed by atoms with Crippen molar-refractivity contribution in [3.05, 3.63) is 0 Å². The van der Waals surface area contributed by atoms with Gasteiger partial charge in [0.25, 0.3) is 0 Å². The van der Waals surface area contributed by atoms with Crippen molar-refractivity contribution in [3.8, 4) is 0 Å². The van der Waals surface area contributed by atoms with Crippen LogP contribution in [0.25, 0.3) is 0 Å². The van der Waals surface area contributed by atoms with Crippen molar-refractivity contribution < 1.29 is 23.1 Å². The van der Waals surface area contributed by atoms with Crippen molar-refractivity contribution in [3.63, 3.8) is 0 Å². The smallest absolute Gasteiger partial charge is 0.389 e. The van der Waals surface area contributed by atoms with E-state index in [2.05, 4.69) is 0 Å². The summed E-state index contributed by atoms with van der Waals surface area (Å²) in [7, 11) is 0. The molecular weight excluding hydrogens is 235 g/mol. The number of alkyl halides is 3. The third-order valence-corrected chi connectivity index (χ3v) is 3.13. The zero-order valence-corrected chi connectivity index (χ0v) is 9.67. The van der Waals surface area contributed by atoms with Crippen LogP contribution in [0.1, 0.15) is 32.1 Å². The lowest BCUT2D eigenvalue weighted by Gasteiger charge is -2.32. The molecule has 1 amide bonds. The lowest BCUT2D eigenvalue weighted by Crippen LogP contribution is -2.39. The lowest BCUT2D eigenvalue weighted by atomic mass is 9.94. The molecule has 0 bridgehead atoms. The molecule has 1 fully saturated rings. The molecule has 100 valence electrons. The molecule has 0 spiro atoms. The molecule has 0 aromatic rings. The second kappa shape index (κ2) is 6.23. The van der Waals surface area contributed by atoms with Gasteiger partial charge in [-0.25, -0.2) is 0 Å². The predicted molar refractivity (Wildman–Crippen MR) is 56.3 cm³/mol. The van der Waals surface area contributed by atoms with E-state index in [0.717, 1.165) is 12.8 Å². The minimum absolute atomic E-state index is 0.132. The molecule has 0 radical (unpaired) electrons. The number of piperidine rings is 1. The zero-order chi connectivity index (χ0) is 12.9. The van der Waals surface area contributed by atoms with Crippen LogP contribution in [-0.4, -0.2) is 41.8 Å². The molecule has 0 unspecified atom stereocenters. The highest BCUT2D eigenvalue weighted by atomic mass is 19.4. The largest absolute Gasteiger partial charge is 0.396 e. The molecule has 0 aromatic carbocycles. The van der Waals surface area contributed by atoms with Gasteiger partial charge in [0.15, 0.2) is 0 Å². The van der Waals surface area contributed by atoms with Gasteiger partial charge in [0, 0.05) is 26.1 Å². The van der Waals surface area contributed by atoms with E-state index in [-0.39, 0.29) is 6.61 Å². The van der Waals surface area contributed by atoms with Gasteiger partial charge in [0.2, 0.25) is 5.91 Å². The molecule has 1 rings (SSSR count). The topological polar surface area (TPSA) is 40.5 Å². The number of halogens is 3. The Hall–Kier alpha value is -0.780. The first-order valence-electron chi connectivity index (χ1n) is 5.88. The molecule has 17 heavy (non-hydrogen) atoms. The number of hydrogen-bond donors (Lipinski definition) is 1. The summed E-state index contributed by atoms with van der Waals surface area (Å²) in [6.07, 6.45) is -3.48. The van der Waals surface area contributed by atoms with Gasteiger partial charge in [-0.3, -0.25) is 4.79 Å². The molecule has 1 aliphatic rings. The fourth-order valence-corrected chi connectivity index (χ4v) is 2.06. The second-order valence-corrected chi connectivity index (χ2v) is 4.45. The summed E-state index contributed by atoms with van der Waals surface area (Å²) in [4.78, 5) is 13.0. The number of aliphatic hydroxyl groups excluding tert-OH is 1. The summed E-state index contributed by atoms with van der Waals surface area (Å²) in [5.74, 6) is -0.0172. The van der Waals surface area contributed by atoms with Gasteiger partial charge in [-0.1, -0.05) is 0 Å². The van der Waals surface area contributed by atoms with E-state index in [4.69, 9.17) is 5.11 Å².